The van der Waals surface area contributed by atoms with Crippen LogP contribution in [0.15, 0.2) is 0 Å². The van der Waals surface area contributed by atoms with Gasteiger partial charge >= 0.3 is 29.9 Å². The first-order valence-electron chi connectivity index (χ1n) is 4.01. The average molecular weight is 234 g/mol. The molecule has 0 unspecified atom stereocenters. The topological polar surface area (TPSA) is 116 Å². The van der Waals surface area contributed by atoms with E-state index in [1.807, 2.05) is 0 Å². The van der Waals surface area contributed by atoms with Crippen LogP contribution < -0.4 is 0 Å². The second-order valence-corrected chi connectivity index (χ2v) is 2.64. The van der Waals surface area contributed by atoms with Gasteiger partial charge in [0.05, 0.1) is 0 Å². The molecule has 0 fully saturated rings. The molecule has 0 rings (SSSR count). The molecule has 0 amide bonds. The summed E-state index contributed by atoms with van der Waals surface area (Å²) in [5, 5.41) is 8.74. The number of carbonyl (C=O) groups excluding carboxylic acids is 3. The molecule has 0 aromatic rings. The molecule has 0 radical (unpaired) electrons. The highest BCUT2D eigenvalue weighted by Gasteiger charge is 2.51. The van der Waals surface area contributed by atoms with Gasteiger partial charge in [-0.3, -0.25) is 14.4 Å². The fourth-order valence-electron chi connectivity index (χ4n) is 0.761. The summed E-state index contributed by atoms with van der Waals surface area (Å²) in [5.41, 5.74) is 0. The molecule has 0 heterocycles. The number of hydrogen-bond acceptors (Lipinski definition) is 7. The van der Waals surface area contributed by atoms with Crippen molar-refractivity contribution in [2.45, 2.75) is 26.7 Å². The van der Waals surface area contributed by atoms with E-state index in [2.05, 4.69) is 14.2 Å². The van der Waals surface area contributed by atoms with Crippen LogP contribution in [0.5, 0.6) is 0 Å². The van der Waals surface area contributed by atoms with Crippen molar-refractivity contribution in [2.75, 3.05) is 0 Å². The lowest BCUT2D eigenvalue weighted by molar-refractivity contribution is -0.317. The van der Waals surface area contributed by atoms with Crippen molar-refractivity contribution in [1.29, 1.82) is 0 Å². The van der Waals surface area contributed by atoms with Crippen molar-refractivity contribution in [3.8, 4) is 0 Å². The van der Waals surface area contributed by atoms with E-state index in [1.165, 1.54) is 0 Å². The van der Waals surface area contributed by atoms with E-state index in [0.29, 0.717) is 0 Å². The third kappa shape index (κ3) is 3.95. The van der Waals surface area contributed by atoms with Crippen LogP contribution in [0, 0.1) is 0 Å². The van der Waals surface area contributed by atoms with Crippen LogP contribution >= 0.6 is 0 Å². The molecule has 8 nitrogen and oxygen atoms in total. The van der Waals surface area contributed by atoms with Gasteiger partial charge < -0.3 is 19.3 Å². The number of aliphatic carboxylic acids is 1. The summed E-state index contributed by atoms with van der Waals surface area (Å²) in [5.74, 6) is -8.28. The Kier molecular flexibility index (Phi) is 4.42. The summed E-state index contributed by atoms with van der Waals surface area (Å²) in [6, 6.07) is 0. The summed E-state index contributed by atoms with van der Waals surface area (Å²) in [7, 11) is 0. The van der Waals surface area contributed by atoms with E-state index >= 15 is 0 Å². The third-order valence-corrected chi connectivity index (χ3v) is 1.10. The monoisotopic (exact) mass is 234 g/mol. The van der Waals surface area contributed by atoms with Gasteiger partial charge in [0, 0.05) is 20.8 Å². The van der Waals surface area contributed by atoms with Crippen molar-refractivity contribution in [3.05, 3.63) is 0 Å². The van der Waals surface area contributed by atoms with E-state index in [0.717, 1.165) is 20.8 Å². The zero-order valence-corrected chi connectivity index (χ0v) is 8.80. The van der Waals surface area contributed by atoms with Crippen molar-refractivity contribution >= 4 is 23.9 Å². The van der Waals surface area contributed by atoms with Gasteiger partial charge in [0.2, 0.25) is 0 Å². The lowest BCUT2D eigenvalue weighted by Crippen LogP contribution is -2.50. The van der Waals surface area contributed by atoms with Crippen LogP contribution in [0.25, 0.3) is 0 Å². The second kappa shape index (κ2) is 5.10. The van der Waals surface area contributed by atoms with Gasteiger partial charge in [-0.05, 0) is 0 Å². The Labute approximate surface area is 90.1 Å². The summed E-state index contributed by atoms with van der Waals surface area (Å²) in [6.45, 7) is 2.60. The zero-order chi connectivity index (χ0) is 12.9. The fraction of sp³-hybridized carbons (Fsp3) is 0.500. The molecule has 0 spiro atoms. The molecule has 1 N–H and O–H groups in total. The largest absolute Gasteiger partial charge is 0.529 e. The number of hydrogen-bond donors (Lipinski definition) is 1. The highest BCUT2D eigenvalue weighted by Crippen LogP contribution is 2.17. The second-order valence-electron chi connectivity index (χ2n) is 2.64. The molecule has 90 valence electrons. The molecule has 0 bridgehead atoms. The Bertz CT molecular complexity index is 290. The van der Waals surface area contributed by atoms with Gasteiger partial charge in [-0.15, -0.1) is 0 Å². The minimum absolute atomic E-state index is 0.866. The van der Waals surface area contributed by atoms with E-state index < -0.39 is 29.9 Å². The van der Waals surface area contributed by atoms with Gasteiger partial charge in [0.25, 0.3) is 0 Å². The van der Waals surface area contributed by atoms with Crippen LogP contribution in [0.4, 0.5) is 0 Å². The molecular formula is C8H10O8. The molecule has 0 aliphatic heterocycles. The van der Waals surface area contributed by atoms with Gasteiger partial charge in [0.1, 0.15) is 0 Å². The quantitative estimate of drug-likeness (QED) is 0.507. The highest BCUT2D eigenvalue weighted by molar-refractivity contribution is 5.83. The molecule has 16 heavy (non-hydrogen) atoms. The minimum atomic E-state index is -3.07. The lowest BCUT2D eigenvalue weighted by atomic mass is 10.5. The summed E-state index contributed by atoms with van der Waals surface area (Å²) in [6.07, 6.45) is 0. The summed E-state index contributed by atoms with van der Waals surface area (Å²) in [4.78, 5) is 42.8. The van der Waals surface area contributed by atoms with Crippen LogP contribution in [-0.2, 0) is 33.4 Å². The van der Waals surface area contributed by atoms with Gasteiger partial charge in [-0.1, -0.05) is 0 Å². The Morgan fingerprint density at radius 3 is 1.19 bits per heavy atom. The van der Waals surface area contributed by atoms with Crippen LogP contribution in [0.3, 0.4) is 0 Å². The number of carboxylic acids is 1. The van der Waals surface area contributed by atoms with Gasteiger partial charge in [-0.25, -0.2) is 4.79 Å². The molecule has 0 saturated heterocycles. The van der Waals surface area contributed by atoms with Crippen molar-refractivity contribution in [1.82, 2.24) is 0 Å². The normalized spacial score (nSPS) is 10.2. The smallest absolute Gasteiger partial charge is 0.472 e. The Morgan fingerprint density at radius 2 is 1.06 bits per heavy atom. The lowest BCUT2D eigenvalue weighted by Gasteiger charge is -2.25. The van der Waals surface area contributed by atoms with Crippen molar-refractivity contribution < 1.29 is 38.5 Å². The van der Waals surface area contributed by atoms with E-state index in [1.54, 1.807) is 0 Å². The molecule has 0 aromatic heterocycles. The van der Waals surface area contributed by atoms with Gasteiger partial charge in [0.15, 0.2) is 0 Å². The first kappa shape index (κ1) is 13.9. The first-order valence-corrected chi connectivity index (χ1v) is 4.01. The van der Waals surface area contributed by atoms with Crippen molar-refractivity contribution in [2.24, 2.45) is 0 Å². The SMILES string of the molecule is CC(=O)OC(OC(C)=O)(OC(C)=O)C(=O)O. The molecular weight excluding hydrogens is 224 g/mol. The highest BCUT2D eigenvalue weighted by atomic mass is 16.9. The number of carboxylic acid groups (broad SMARTS) is 1. The van der Waals surface area contributed by atoms with Crippen molar-refractivity contribution in [3.63, 3.8) is 0 Å². The Morgan fingerprint density at radius 1 is 0.812 bits per heavy atom. The van der Waals surface area contributed by atoms with Gasteiger partial charge in [-0.2, -0.15) is 0 Å². The number of esters is 3. The minimum Gasteiger partial charge on any atom is -0.472 e. The maximum absolute atomic E-state index is 10.8. The molecule has 0 aliphatic carbocycles. The molecule has 0 atom stereocenters. The first-order chi connectivity index (χ1) is 7.19. The number of carbonyl (C=O) groups is 4. The molecule has 0 aliphatic rings. The number of rotatable bonds is 4. The standard InChI is InChI=1S/C8H10O8/c1-4(9)14-8(7(12)13,15-5(2)10)16-6(3)11/h1-3H3,(H,12,13). The number of ether oxygens (including phenoxy) is 3. The zero-order valence-electron chi connectivity index (χ0n) is 8.80. The Hall–Kier alpha value is -2.12. The molecule has 0 aromatic carbocycles. The van der Waals surface area contributed by atoms with Crippen LogP contribution in [0.1, 0.15) is 20.8 Å². The van der Waals surface area contributed by atoms with Crippen LogP contribution in [0.2, 0.25) is 0 Å². The van der Waals surface area contributed by atoms with E-state index in [9.17, 15) is 19.2 Å². The average Bonchev–Trinajstić information content (AvgIpc) is 1.98. The summed E-state index contributed by atoms with van der Waals surface area (Å²) < 4.78 is 12.6. The van der Waals surface area contributed by atoms with Crippen LogP contribution in [-0.4, -0.2) is 35.0 Å². The fourth-order valence-corrected chi connectivity index (χ4v) is 0.761. The third-order valence-electron chi connectivity index (χ3n) is 1.10. The van der Waals surface area contributed by atoms with E-state index in [-0.39, 0.29) is 0 Å². The molecule has 8 heteroatoms. The maximum Gasteiger partial charge on any atom is 0.529 e. The van der Waals surface area contributed by atoms with E-state index in [4.69, 9.17) is 5.11 Å². The Balaban J connectivity index is 5.19. The maximum atomic E-state index is 10.8. The predicted octanol–water partition coefficient (Wildman–Crippen LogP) is -0.586. The molecule has 0 saturated carbocycles. The predicted molar refractivity (Wildman–Crippen MR) is 45.7 cm³/mol. The summed E-state index contributed by atoms with van der Waals surface area (Å²) >= 11 is 0.